The van der Waals surface area contributed by atoms with E-state index in [-0.39, 0.29) is 0 Å². The van der Waals surface area contributed by atoms with Gasteiger partial charge in [-0.25, -0.2) is 0 Å². The van der Waals surface area contributed by atoms with Crippen molar-refractivity contribution in [3.05, 3.63) is 42.0 Å². The summed E-state index contributed by atoms with van der Waals surface area (Å²) in [5.41, 5.74) is 0.983. The Hall–Kier alpha value is -1.12. The van der Waals surface area contributed by atoms with Crippen LogP contribution in [0.3, 0.4) is 0 Å². The lowest BCUT2D eigenvalue weighted by Crippen LogP contribution is -2.45. The van der Waals surface area contributed by atoms with E-state index in [9.17, 15) is 10.2 Å². The van der Waals surface area contributed by atoms with Crippen LogP contribution in [0.2, 0.25) is 0 Å². The predicted molar refractivity (Wildman–Crippen MR) is 85.6 cm³/mol. The van der Waals surface area contributed by atoms with Gasteiger partial charge in [0.15, 0.2) is 0 Å². The van der Waals surface area contributed by atoms with Crippen molar-refractivity contribution in [2.24, 2.45) is 22.7 Å². The molecule has 0 amide bonds. The van der Waals surface area contributed by atoms with Crippen molar-refractivity contribution in [1.82, 2.24) is 0 Å². The first-order valence-electron chi connectivity index (χ1n) is 7.95. The molecule has 0 heterocycles. The van der Waals surface area contributed by atoms with E-state index in [2.05, 4.69) is 13.8 Å². The molecule has 2 fully saturated rings. The van der Waals surface area contributed by atoms with E-state index in [4.69, 9.17) is 0 Å². The Labute approximate surface area is 127 Å². The van der Waals surface area contributed by atoms with Crippen LogP contribution < -0.4 is 0 Å². The largest absolute Gasteiger partial charge is 0.392 e. The van der Waals surface area contributed by atoms with Crippen LogP contribution in [0.1, 0.15) is 39.2 Å². The molecular formula is C19H26O2. The van der Waals surface area contributed by atoms with E-state index < -0.39 is 17.6 Å². The predicted octanol–water partition coefficient (Wildman–Crippen LogP) is 3.49. The number of aliphatic hydroxyl groups is 2. The molecule has 0 radical (unpaired) electrons. The summed E-state index contributed by atoms with van der Waals surface area (Å²) in [7, 11) is 0. The molecule has 2 nitrogen and oxygen atoms in total. The molecule has 0 unspecified atom stereocenters. The van der Waals surface area contributed by atoms with Gasteiger partial charge in [-0.1, -0.05) is 63.3 Å². The fourth-order valence-electron chi connectivity index (χ4n) is 4.15. The smallest absolute Gasteiger partial charge is 0.0802 e. The van der Waals surface area contributed by atoms with Gasteiger partial charge in [-0.15, -0.1) is 0 Å². The molecular weight excluding hydrogens is 260 g/mol. The number of fused-ring (bicyclic) bond motifs is 1. The molecule has 1 aromatic carbocycles. The highest BCUT2D eigenvalue weighted by Crippen LogP contribution is 2.68. The number of rotatable bonds is 3. The Bertz CT molecular complexity index is 534. The second-order valence-electron chi connectivity index (χ2n) is 7.71. The van der Waals surface area contributed by atoms with Gasteiger partial charge >= 0.3 is 0 Å². The highest BCUT2D eigenvalue weighted by Gasteiger charge is 2.64. The quantitative estimate of drug-likeness (QED) is 0.893. The molecule has 0 aliphatic heterocycles. The SMILES string of the molecule is CC1(C)[C@@H]2C[C@@H](O)[C@@](C)([C@H](O)/C=C/c3ccccc3)C[C@@H]21. The van der Waals surface area contributed by atoms with Crippen molar-refractivity contribution in [3.8, 4) is 0 Å². The Morgan fingerprint density at radius 2 is 1.81 bits per heavy atom. The summed E-state index contributed by atoms with van der Waals surface area (Å²) in [6.07, 6.45) is 4.50. The Balaban J connectivity index is 1.74. The molecule has 1 aromatic rings. The molecule has 2 saturated carbocycles. The van der Waals surface area contributed by atoms with Crippen LogP contribution in [0, 0.1) is 22.7 Å². The summed E-state index contributed by atoms with van der Waals surface area (Å²) < 4.78 is 0. The van der Waals surface area contributed by atoms with E-state index in [0.717, 1.165) is 18.4 Å². The van der Waals surface area contributed by atoms with Gasteiger partial charge in [0.25, 0.3) is 0 Å². The second-order valence-corrected chi connectivity index (χ2v) is 7.71. The average Bonchev–Trinajstić information content (AvgIpc) is 2.98. The number of hydrogen-bond acceptors (Lipinski definition) is 2. The lowest BCUT2D eigenvalue weighted by molar-refractivity contribution is -0.0668. The summed E-state index contributed by atoms with van der Waals surface area (Å²) >= 11 is 0. The zero-order valence-corrected chi connectivity index (χ0v) is 13.2. The zero-order valence-electron chi connectivity index (χ0n) is 13.2. The van der Waals surface area contributed by atoms with Crippen LogP contribution in [0.5, 0.6) is 0 Å². The van der Waals surface area contributed by atoms with Crippen LogP contribution >= 0.6 is 0 Å². The molecule has 2 heteroatoms. The van der Waals surface area contributed by atoms with Crippen molar-refractivity contribution < 1.29 is 10.2 Å². The average molecular weight is 286 g/mol. The van der Waals surface area contributed by atoms with Crippen molar-refractivity contribution in [3.63, 3.8) is 0 Å². The maximum atomic E-state index is 10.6. The normalized spacial score (nSPS) is 39.0. The fourth-order valence-corrected chi connectivity index (χ4v) is 4.15. The third-order valence-corrected chi connectivity index (χ3v) is 6.13. The fraction of sp³-hybridized carbons (Fsp3) is 0.579. The van der Waals surface area contributed by atoms with Crippen molar-refractivity contribution in [2.75, 3.05) is 0 Å². The van der Waals surface area contributed by atoms with E-state index in [1.54, 1.807) is 0 Å². The standard InChI is InChI=1S/C19H26O2/c1-18(2)14-11-17(21)19(3,12-15(14)18)16(20)10-9-13-7-5-4-6-8-13/h4-10,14-17,20-21H,11-12H2,1-3H3/b10-9+/t14-,15+,16-,17-,19-/m1/s1. The minimum absolute atomic E-state index is 0.335. The van der Waals surface area contributed by atoms with Gasteiger partial charge in [-0.2, -0.15) is 0 Å². The highest BCUT2D eigenvalue weighted by molar-refractivity contribution is 5.49. The summed E-state index contributed by atoms with van der Waals surface area (Å²) in [6.45, 7) is 6.60. The Morgan fingerprint density at radius 1 is 1.14 bits per heavy atom. The summed E-state index contributed by atoms with van der Waals surface area (Å²) in [5, 5.41) is 21.2. The monoisotopic (exact) mass is 286 g/mol. The molecule has 0 saturated heterocycles. The molecule has 5 atom stereocenters. The van der Waals surface area contributed by atoms with E-state index >= 15 is 0 Å². The van der Waals surface area contributed by atoms with Crippen LogP contribution in [-0.4, -0.2) is 22.4 Å². The third-order valence-electron chi connectivity index (χ3n) is 6.13. The molecule has 114 valence electrons. The van der Waals surface area contributed by atoms with Crippen LogP contribution in [0.25, 0.3) is 6.08 Å². The molecule has 0 bridgehead atoms. The first-order valence-corrected chi connectivity index (χ1v) is 7.95. The maximum absolute atomic E-state index is 10.6. The minimum atomic E-state index is -0.606. The van der Waals surface area contributed by atoms with Crippen molar-refractivity contribution in [1.29, 1.82) is 0 Å². The Morgan fingerprint density at radius 3 is 2.48 bits per heavy atom. The number of hydrogen-bond donors (Lipinski definition) is 2. The molecule has 3 rings (SSSR count). The molecule has 2 N–H and O–H groups in total. The van der Waals surface area contributed by atoms with E-state index in [1.807, 2.05) is 49.4 Å². The van der Waals surface area contributed by atoms with Gasteiger partial charge in [0.1, 0.15) is 0 Å². The topological polar surface area (TPSA) is 40.5 Å². The molecule has 2 aliphatic rings. The minimum Gasteiger partial charge on any atom is -0.392 e. The van der Waals surface area contributed by atoms with Gasteiger partial charge in [-0.3, -0.25) is 0 Å². The van der Waals surface area contributed by atoms with Gasteiger partial charge in [0.2, 0.25) is 0 Å². The lowest BCUT2D eigenvalue weighted by Gasteiger charge is -2.40. The summed E-state index contributed by atoms with van der Waals surface area (Å²) in [6, 6.07) is 9.99. The second kappa shape index (κ2) is 4.96. The molecule has 21 heavy (non-hydrogen) atoms. The number of aliphatic hydroxyl groups excluding tert-OH is 2. The summed E-state index contributed by atoms with van der Waals surface area (Å²) in [4.78, 5) is 0. The molecule has 0 spiro atoms. The first kappa shape index (κ1) is 14.8. The highest BCUT2D eigenvalue weighted by atomic mass is 16.3. The Kier molecular flexibility index (Phi) is 3.50. The van der Waals surface area contributed by atoms with Gasteiger partial charge in [0.05, 0.1) is 12.2 Å². The summed E-state index contributed by atoms with van der Waals surface area (Å²) in [5.74, 6) is 1.27. The van der Waals surface area contributed by atoms with Crippen LogP contribution in [0.15, 0.2) is 36.4 Å². The van der Waals surface area contributed by atoms with Crippen LogP contribution in [0.4, 0.5) is 0 Å². The first-order chi connectivity index (χ1) is 9.85. The van der Waals surface area contributed by atoms with Gasteiger partial charge in [-0.05, 0) is 35.7 Å². The number of benzene rings is 1. The van der Waals surface area contributed by atoms with E-state index in [1.165, 1.54) is 0 Å². The molecule has 0 aromatic heterocycles. The van der Waals surface area contributed by atoms with Gasteiger partial charge in [0, 0.05) is 5.41 Å². The third kappa shape index (κ3) is 2.45. The molecule has 2 aliphatic carbocycles. The zero-order chi connectivity index (χ0) is 15.3. The van der Waals surface area contributed by atoms with Crippen molar-refractivity contribution >= 4 is 6.08 Å². The van der Waals surface area contributed by atoms with Crippen molar-refractivity contribution in [2.45, 2.75) is 45.8 Å². The van der Waals surface area contributed by atoms with E-state index in [0.29, 0.717) is 17.3 Å². The van der Waals surface area contributed by atoms with Crippen LogP contribution in [-0.2, 0) is 0 Å². The van der Waals surface area contributed by atoms with Gasteiger partial charge < -0.3 is 10.2 Å². The lowest BCUT2D eigenvalue weighted by atomic mass is 9.69. The maximum Gasteiger partial charge on any atom is 0.0802 e.